The van der Waals surface area contributed by atoms with Gasteiger partial charge in [-0.15, -0.1) is 5.10 Å². The van der Waals surface area contributed by atoms with Crippen molar-refractivity contribution in [3.05, 3.63) is 28.3 Å². The van der Waals surface area contributed by atoms with Crippen LogP contribution in [0.3, 0.4) is 0 Å². The van der Waals surface area contributed by atoms with E-state index in [1.807, 2.05) is 19.0 Å². The maximum Gasteiger partial charge on any atom is 0.234 e. The molecule has 2 aromatic rings. The summed E-state index contributed by atoms with van der Waals surface area (Å²) in [4.78, 5) is 14.4. The molecule has 0 fully saturated rings. The van der Waals surface area contributed by atoms with E-state index in [2.05, 4.69) is 31.3 Å². The molecule has 0 amide bonds. The van der Waals surface area contributed by atoms with Crippen molar-refractivity contribution >= 4 is 21.7 Å². The Labute approximate surface area is 119 Å². The summed E-state index contributed by atoms with van der Waals surface area (Å²) in [5, 5.41) is 11.8. The van der Waals surface area contributed by atoms with Crippen LogP contribution in [-0.2, 0) is 13.6 Å². The standard InChI is InChI=1S/C11H15BrN6O/c1-16(2)4-5-18-10(8(12)6-13-18)11(19)9-7-17(3)15-14-9/h6-7H,4-5H2,1-3H3. The Bertz CT molecular complexity index is 588. The molecule has 0 aliphatic heterocycles. The Morgan fingerprint density at radius 1 is 1.47 bits per heavy atom. The molecule has 0 aliphatic rings. The van der Waals surface area contributed by atoms with Crippen molar-refractivity contribution in [1.82, 2.24) is 29.7 Å². The van der Waals surface area contributed by atoms with Crippen LogP contribution >= 0.6 is 15.9 Å². The highest BCUT2D eigenvalue weighted by atomic mass is 79.9. The number of halogens is 1. The normalized spacial score (nSPS) is 11.2. The number of carbonyl (C=O) groups is 1. The molecule has 0 saturated heterocycles. The molecule has 0 spiro atoms. The first-order valence-corrected chi connectivity index (χ1v) is 6.55. The van der Waals surface area contributed by atoms with Gasteiger partial charge >= 0.3 is 0 Å². The van der Waals surface area contributed by atoms with Gasteiger partial charge in [0.25, 0.3) is 0 Å². The molecule has 0 N–H and O–H groups in total. The molecule has 2 heterocycles. The SMILES string of the molecule is CN(C)CCn1ncc(Br)c1C(=O)c1cn(C)nn1. The number of carbonyl (C=O) groups excluding carboxylic acids is 1. The lowest BCUT2D eigenvalue weighted by atomic mass is 10.2. The Morgan fingerprint density at radius 3 is 2.79 bits per heavy atom. The van der Waals surface area contributed by atoms with Gasteiger partial charge in [0, 0.05) is 13.6 Å². The van der Waals surface area contributed by atoms with E-state index in [1.165, 1.54) is 4.68 Å². The van der Waals surface area contributed by atoms with E-state index >= 15 is 0 Å². The van der Waals surface area contributed by atoms with Gasteiger partial charge in [-0.05, 0) is 30.0 Å². The third-order valence-corrected chi connectivity index (χ3v) is 3.18. The first-order valence-electron chi connectivity index (χ1n) is 5.76. The molecule has 0 radical (unpaired) electrons. The van der Waals surface area contributed by atoms with Crippen molar-refractivity contribution < 1.29 is 4.79 Å². The van der Waals surface area contributed by atoms with E-state index in [9.17, 15) is 4.79 Å². The molecule has 2 aromatic heterocycles. The van der Waals surface area contributed by atoms with Crippen LogP contribution in [-0.4, -0.2) is 56.1 Å². The molecule has 0 aliphatic carbocycles. The topological polar surface area (TPSA) is 68.8 Å². The van der Waals surface area contributed by atoms with Crippen LogP contribution < -0.4 is 0 Å². The molecular formula is C11H15BrN6O. The Kier molecular flexibility index (Phi) is 4.11. The second kappa shape index (κ2) is 5.62. The number of hydrogen-bond acceptors (Lipinski definition) is 5. The zero-order chi connectivity index (χ0) is 14.0. The largest absolute Gasteiger partial charge is 0.308 e. The quantitative estimate of drug-likeness (QED) is 0.751. The third-order valence-electron chi connectivity index (χ3n) is 2.60. The molecule has 102 valence electrons. The Balaban J connectivity index is 2.28. The van der Waals surface area contributed by atoms with Crippen molar-refractivity contribution in [2.24, 2.45) is 7.05 Å². The number of rotatable bonds is 5. The summed E-state index contributed by atoms with van der Waals surface area (Å²) in [5.74, 6) is -0.184. The summed E-state index contributed by atoms with van der Waals surface area (Å²) in [6, 6.07) is 0. The number of hydrogen-bond donors (Lipinski definition) is 0. The summed E-state index contributed by atoms with van der Waals surface area (Å²) < 4.78 is 3.85. The van der Waals surface area contributed by atoms with E-state index in [0.717, 1.165) is 6.54 Å². The lowest BCUT2D eigenvalue weighted by Crippen LogP contribution is -2.22. The fraction of sp³-hybridized carbons (Fsp3) is 0.455. The van der Waals surface area contributed by atoms with E-state index in [1.54, 1.807) is 24.1 Å². The van der Waals surface area contributed by atoms with Gasteiger partial charge in [-0.2, -0.15) is 5.10 Å². The van der Waals surface area contributed by atoms with Crippen LogP contribution in [0.25, 0.3) is 0 Å². The number of aromatic nitrogens is 5. The highest BCUT2D eigenvalue weighted by Gasteiger charge is 2.21. The number of aryl methyl sites for hydroxylation is 1. The Hall–Kier alpha value is -1.54. The lowest BCUT2D eigenvalue weighted by molar-refractivity contribution is 0.102. The molecule has 0 atom stereocenters. The van der Waals surface area contributed by atoms with E-state index < -0.39 is 0 Å². The highest BCUT2D eigenvalue weighted by molar-refractivity contribution is 9.10. The fourth-order valence-corrected chi connectivity index (χ4v) is 2.10. The monoisotopic (exact) mass is 326 g/mol. The van der Waals surface area contributed by atoms with Gasteiger partial charge < -0.3 is 4.90 Å². The zero-order valence-electron chi connectivity index (χ0n) is 11.0. The van der Waals surface area contributed by atoms with Crippen molar-refractivity contribution in [2.45, 2.75) is 6.54 Å². The first-order chi connectivity index (χ1) is 8.99. The molecule has 2 rings (SSSR count). The van der Waals surface area contributed by atoms with Crippen molar-refractivity contribution in [3.8, 4) is 0 Å². The molecule has 0 aromatic carbocycles. The van der Waals surface area contributed by atoms with Gasteiger partial charge in [-0.3, -0.25) is 14.2 Å². The van der Waals surface area contributed by atoms with Crippen LogP contribution in [0.1, 0.15) is 16.2 Å². The van der Waals surface area contributed by atoms with Crippen molar-refractivity contribution in [3.63, 3.8) is 0 Å². The van der Waals surface area contributed by atoms with Crippen LogP contribution in [0.5, 0.6) is 0 Å². The molecular weight excluding hydrogens is 312 g/mol. The van der Waals surface area contributed by atoms with Gasteiger partial charge in [0.15, 0.2) is 5.69 Å². The summed E-state index contributed by atoms with van der Waals surface area (Å²) in [5.41, 5.74) is 0.817. The van der Waals surface area contributed by atoms with Crippen molar-refractivity contribution in [1.29, 1.82) is 0 Å². The highest BCUT2D eigenvalue weighted by Crippen LogP contribution is 2.19. The summed E-state index contributed by atoms with van der Waals surface area (Å²) in [7, 11) is 5.67. The summed E-state index contributed by atoms with van der Waals surface area (Å²) in [6.45, 7) is 1.44. The first kappa shape index (κ1) is 13.9. The second-order valence-electron chi connectivity index (χ2n) is 4.47. The van der Waals surface area contributed by atoms with Crippen LogP contribution in [0.2, 0.25) is 0 Å². The number of ketones is 1. The summed E-state index contributed by atoms with van der Waals surface area (Å²) in [6.07, 6.45) is 3.22. The number of likely N-dealkylation sites (N-methyl/N-ethyl adjacent to an activating group) is 1. The molecule has 0 bridgehead atoms. The maximum atomic E-state index is 12.4. The minimum atomic E-state index is -0.184. The summed E-state index contributed by atoms with van der Waals surface area (Å²) >= 11 is 3.36. The minimum absolute atomic E-state index is 0.184. The third kappa shape index (κ3) is 3.07. The predicted octanol–water partition coefficient (Wildman–Crippen LogP) is 0.567. The van der Waals surface area contributed by atoms with Crippen LogP contribution in [0.4, 0.5) is 0 Å². The van der Waals surface area contributed by atoms with E-state index in [4.69, 9.17) is 0 Å². The minimum Gasteiger partial charge on any atom is -0.308 e. The van der Waals surface area contributed by atoms with E-state index in [-0.39, 0.29) is 5.78 Å². The molecule has 7 nitrogen and oxygen atoms in total. The number of nitrogens with zero attached hydrogens (tertiary/aromatic N) is 6. The van der Waals surface area contributed by atoms with Crippen LogP contribution in [0.15, 0.2) is 16.9 Å². The van der Waals surface area contributed by atoms with Gasteiger partial charge in [0.2, 0.25) is 5.78 Å². The van der Waals surface area contributed by atoms with Crippen molar-refractivity contribution in [2.75, 3.05) is 20.6 Å². The molecule has 8 heteroatoms. The molecule has 0 saturated carbocycles. The smallest absolute Gasteiger partial charge is 0.234 e. The van der Waals surface area contributed by atoms with Gasteiger partial charge in [0.05, 0.1) is 23.4 Å². The second-order valence-corrected chi connectivity index (χ2v) is 5.33. The van der Waals surface area contributed by atoms with Gasteiger partial charge in [0.1, 0.15) is 5.69 Å². The van der Waals surface area contributed by atoms with Crippen LogP contribution in [0, 0.1) is 0 Å². The van der Waals surface area contributed by atoms with E-state index in [0.29, 0.717) is 22.4 Å². The van der Waals surface area contributed by atoms with Gasteiger partial charge in [-0.1, -0.05) is 5.21 Å². The average Bonchev–Trinajstić information content (AvgIpc) is 2.92. The zero-order valence-corrected chi connectivity index (χ0v) is 12.6. The fourth-order valence-electron chi connectivity index (χ4n) is 1.63. The lowest BCUT2D eigenvalue weighted by Gasteiger charge is -2.11. The molecule has 19 heavy (non-hydrogen) atoms. The average molecular weight is 327 g/mol. The Morgan fingerprint density at radius 2 is 2.21 bits per heavy atom. The molecule has 0 unspecified atom stereocenters. The van der Waals surface area contributed by atoms with Gasteiger partial charge in [-0.25, -0.2) is 0 Å². The maximum absolute atomic E-state index is 12.4. The predicted molar refractivity (Wildman–Crippen MR) is 72.9 cm³/mol.